The van der Waals surface area contributed by atoms with E-state index in [1.807, 2.05) is 60.8 Å². The molecule has 0 saturated carbocycles. The maximum Gasteiger partial charge on any atom is 0.303 e. The van der Waals surface area contributed by atoms with Gasteiger partial charge in [-0.05, 0) is 35.7 Å². The number of rotatable bonds is 5. The lowest BCUT2D eigenvalue weighted by Crippen LogP contribution is -2.63. The first-order valence-electron chi connectivity index (χ1n) is 9.92. The third kappa shape index (κ3) is 3.68. The fraction of sp³-hybridized carbons (Fsp3) is 0.250. The summed E-state index contributed by atoms with van der Waals surface area (Å²) in [5.74, 6) is 1.45. The lowest BCUT2D eigenvalue weighted by molar-refractivity contribution is -0.133. The molecule has 0 spiro atoms. The molecule has 152 valence electrons. The number of aromatic amines is 1. The summed E-state index contributed by atoms with van der Waals surface area (Å²) in [6, 6.07) is 17.2. The van der Waals surface area contributed by atoms with Gasteiger partial charge in [0.1, 0.15) is 5.54 Å². The second kappa shape index (κ2) is 8.44. The van der Waals surface area contributed by atoms with Gasteiger partial charge >= 0.3 is 5.91 Å². The minimum atomic E-state index is -1.11. The summed E-state index contributed by atoms with van der Waals surface area (Å²) in [5, 5.41) is 3.95. The van der Waals surface area contributed by atoms with Crippen molar-refractivity contribution in [1.29, 1.82) is 0 Å². The molecule has 30 heavy (non-hydrogen) atoms. The summed E-state index contributed by atoms with van der Waals surface area (Å²) in [4.78, 5) is 31.0. The third-order valence-corrected chi connectivity index (χ3v) is 5.59. The van der Waals surface area contributed by atoms with Gasteiger partial charge in [0, 0.05) is 55.4 Å². The van der Waals surface area contributed by atoms with Gasteiger partial charge in [-0.2, -0.15) is 0 Å². The zero-order valence-corrected chi connectivity index (χ0v) is 16.6. The number of fused-ring (bicyclic) bond motifs is 1. The fourth-order valence-corrected chi connectivity index (χ4v) is 4.01. The Labute approximate surface area is 175 Å². The van der Waals surface area contributed by atoms with Crippen molar-refractivity contribution in [3.8, 4) is 12.3 Å². The molecule has 2 amide bonds. The number of ether oxygens (including phenoxy) is 1. The first-order valence-corrected chi connectivity index (χ1v) is 9.92. The molecule has 0 aliphatic carbocycles. The number of aromatic nitrogens is 1. The monoisotopic (exact) mass is 401 g/mol. The molecule has 0 unspecified atom stereocenters. The van der Waals surface area contributed by atoms with E-state index < -0.39 is 11.4 Å². The summed E-state index contributed by atoms with van der Waals surface area (Å²) >= 11 is 0. The molecule has 1 fully saturated rings. The molecule has 6 nitrogen and oxygen atoms in total. The SMILES string of the molecule is C#CC(=O)N(c1ccc2[nH]ccc2c1)C1(C(=O)NCc2ccccc2)CCOCC1. The van der Waals surface area contributed by atoms with Gasteiger partial charge in [0.05, 0.1) is 0 Å². The topological polar surface area (TPSA) is 74.4 Å². The Bertz CT molecular complexity index is 1090. The van der Waals surface area contributed by atoms with Gasteiger partial charge in [0.25, 0.3) is 0 Å². The zero-order valence-electron chi connectivity index (χ0n) is 16.6. The number of nitrogens with one attached hydrogen (secondary N) is 2. The van der Waals surface area contributed by atoms with E-state index in [1.165, 1.54) is 4.90 Å². The smallest absolute Gasteiger partial charge is 0.303 e. The van der Waals surface area contributed by atoms with E-state index in [0.29, 0.717) is 38.3 Å². The first-order chi connectivity index (χ1) is 14.6. The van der Waals surface area contributed by atoms with Crippen molar-refractivity contribution >= 4 is 28.4 Å². The highest BCUT2D eigenvalue weighted by atomic mass is 16.5. The van der Waals surface area contributed by atoms with E-state index in [2.05, 4.69) is 16.2 Å². The number of hydrogen-bond donors (Lipinski definition) is 2. The van der Waals surface area contributed by atoms with Gasteiger partial charge < -0.3 is 15.0 Å². The lowest BCUT2D eigenvalue weighted by Gasteiger charge is -2.44. The molecule has 2 heterocycles. The molecule has 2 N–H and O–H groups in total. The third-order valence-electron chi connectivity index (χ3n) is 5.59. The second-order valence-electron chi connectivity index (χ2n) is 7.35. The van der Waals surface area contributed by atoms with Gasteiger partial charge in [-0.3, -0.25) is 14.5 Å². The van der Waals surface area contributed by atoms with E-state index in [4.69, 9.17) is 11.2 Å². The Hall–Kier alpha value is -3.56. The Kier molecular flexibility index (Phi) is 5.55. The van der Waals surface area contributed by atoms with Crippen LogP contribution in [0, 0.1) is 12.3 Å². The molecular formula is C24H23N3O3. The standard InChI is InChI=1S/C24H23N3O3/c1-2-22(28)27(20-8-9-21-19(16-20)10-13-25-21)24(11-14-30-15-12-24)23(29)26-17-18-6-4-3-5-7-18/h1,3-10,13,16,25H,11-12,14-15,17H2,(H,26,29). The Balaban J connectivity index is 1.71. The van der Waals surface area contributed by atoms with Gasteiger partial charge in [-0.15, -0.1) is 6.42 Å². The first kappa shape index (κ1) is 19.7. The number of nitrogens with zero attached hydrogens (tertiary/aromatic N) is 1. The molecule has 0 radical (unpaired) electrons. The lowest BCUT2D eigenvalue weighted by atomic mass is 9.85. The molecule has 1 aromatic heterocycles. The Morgan fingerprint density at radius 2 is 1.90 bits per heavy atom. The number of amides is 2. The number of H-pyrrole nitrogens is 1. The molecule has 0 atom stereocenters. The van der Waals surface area contributed by atoms with Gasteiger partial charge in [-0.1, -0.05) is 30.3 Å². The molecule has 0 bridgehead atoms. The zero-order chi connectivity index (χ0) is 21.0. The maximum absolute atomic E-state index is 13.5. The Morgan fingerprint density at radius 1 is 1.13 bits per heavy atom. The van der Waals surface area contributed by atoms with Crippen LogP contribution in [0.4, 0.5) is 5.69 Å². The van der Waals surface area contributed by atoms with E-state index >= 15 is 0 Å². The molecule has 1 saturated heterocycles. The summed E-state index contributed by atoms with van der Waals surface area (Å²) in [6.45, 7) is 1.12. The van der Waals surface area contributed by atoms with Crippen LogP contribution < -0.4 is 10.2 Å². The summed E-state index contributed by atoms with van der Waals surface area (Å²) in [5.41, 5.74) is 1.42. The van der Waals surface area contributed by atoms with Crippen molar-refractivity contribution in [2.75, 3.05) is 18.1 Å². The van der Waals surface area contributed by atoms with Crippen molar-refractivity contribution in [2.24, 2.45) is 0 Å². The van der Waals surface area contributed by atoms with Crippen LogP contribution in [0.25, 0.3) is 10.9 Å². The highest BCUT2D eigenvalue weighted by Crippen LogP contribution is 2.35. The van der Waals surface area contributed by atoms with Gasteiger partial charge in [0.15, 0.2) is 0 Å². The van der Waals surface area contributed by atoms with Crippen molar-refractivity contribution in [3.05, 3.63) is 66.4 Å². The largest absolute Gasteiger partial charge is 0.381 e. The van der Waals surface area contributed by atoms with E-state index in [0.717, 1.165) is 16.5 Å². The number of carbonyl (C=O) groups is 2. The fourth-order valence-electron chi connectivity index (χ4n) is 4.01. The molecule has 1 aliphatic heterocycles. The van der Waals surface area contributed by atoms with Crippen LogP contribution >= 0.6 is 0 Å². The summed E-state index contributed by atoms with van der Waals surface area (Å²) < 4.78 is 5.52. The molecule has 3 aromatic rings. The summed E-state index contributed by atoms with van der Waals surface area (Å²) in [7, 11) is 0. The highest BCUT2D eigenvalue weighted by Gasteiger charge is 2.48. The second-order valence-corrected chi connectivity index (χ2v) is 7.35. The van der Waals surface area contributed by atoms with Crippen LogP contribution in [0.3, 0.4) is 0 Å². The quantitative estimate of drug-likeness (QED) is 0.646. The Morgan fingerprint density at radius 3 is 2.63 bits per heavy atom. The number of benzene rings is 2. The van der Waals surface area contributed by atoms with Crippen LogP contribution in [-0.2, 0) is 20.9 Å². The van der Waals surface area contributed by atoms with Crippen molar-refractivity contribution in [2.45, 2.75) is 24.9 Å². The van der Waals surface area contributed by atoms with Crippen molar-refractivity contribution < 1.29 is 14.3 Å². The molecule has 4 rings (SSSR count). The molecule has 6 heteroatoms. The molecule has 2 aromatic carbocycles. The highest BCUT2D eigenvalue weighted by molar-refractivity contribution is 6.11. The predicted molar refractivity (Wildman–Crippen MR) is 116 cm³/mol. The van der Waals surface area contributed by atoms with E-state index in [-0.39, 0.29) is 5.91 Å². The molecular weight excluding hydrogens is 378 g/mol. The maximum atomic E-state index is 13.5. The van der Waals surface area contributed by atoms with Crippen LogP contribution in [0.5, 0.6) is 0 Å². The molecule has 1 aliphatic rings. The minimum Gasteiger partial charge on any atom is -0.381 e. The van der Waals surface area contributed by atoms with E-state index in [1.54, 1.807) is 0 Å². The van der Waals surface area contributed by atoms with Crippen LogP contribution in [-0.4, -0.2) is 35.6 Å². The number of terminal acetylenes is 1. The summed E-state index contributed by atoms with van der Waals surface area (Å²) in [6.07, 6.45) is 8.09. The van der Waals surface area contributed by atoms with E-state index in [9.17, 15) is 9.59 Å². The number of carbonyl (C=O) groups excluding carboxylic acids is 2. The van der Waals surface area contributed by atoms with Gasteiger partial charge in [0.2, 0.25) is 5.91 Å². The predicted octanol–water partition coefficient (Wildman–Crippen LogP) is 3.00. The average molecular weight is 401 g/mol. The number of hydrogen-bond acceptors (Lipinski definition) is 3. The van der Waals surface area contributed by atoms with Crippen LogP contribution in [0.2, 0.25) is 0 Å². The average Bonchev–Trinajstić information content (AvgIpc) is 3.27. The van der Waals surface area contributed by atoms with Crippen LogP contribution in [0.1, 0.15) is 18.4 Å². The normalized spacial score (nSPS) is 15.3. The van der Waals surface area contributed by atoms with Crippen molar-refractivity contribution in [3.63, 3.8) is 0 Å². The minimum absolute atomic E-state index is 0.229. The van der Waals surface area contributed by atoms with Gasteiger partial charge in [-0.25, -0.2) is 0 Å². The van der Waals surface area contributed by atoms with Crippen LogP contribution in [0.15, 0.2) is 60.8 Å². The van der Waals surface area contributed by atoms with Crippen molar-refractivity contribution in [1.82, 2.24) is 10.3 Å². The number of anilines is 1.